The van der Waals surface area contributed by atoms with Gasteiger partial charge in [0.15, 0.2) is 0 Å². The van der Waals surface area contributed by atoms with Crippen LogP contribution in [0.5, 0.6) is 0 Å². The molecule has 0 unspecified atom stereocenters. The number of aliphatic imine (C=N–C) groups is 1. The van der Waals surface area contributed by atoms with Crippen molar-refractivity contribution < 1.29 is 4.39 Å². The van der Waals surface area contributed by atoms with E-state index in [4.69, 9.17) is 11.6 Å². The average Bonchev–Trinajstić information content (AvgIpc) is 3.40. The fourth-order valence-corrected chi connectivity index (χ4v) is 3.86. The predicted molar refractivity (Wildman–Crippen MR) is 119 cm³/mol. The van der Waals surface area contributed by atoms with Crippen molar-refractivity contribution >= 4 is 22.6 Å². The maximum absolute atomic E-state index is 13.4. The monoisotopic (exact) mass is 459 g/mol. The van der Waals surface area contributed by atoms with E-state index in [-0.39, 0.29) is 30.0 Å². The SMILES string of the molecule is CCCCn1c2c(c(=O)n(CCCCn3nnc(-c4cccc(F)c4)n3)c1=O)CC(Cl)=N2. The molecular weight excluding hydrogens is 437 g/mol. The van der Waals surface area contributed by atoms with Crippen LogP contribution in [0, 0.1) is 5.82 Å². The van der Waals surface area contributed by atoms with Gasteiger partial charge in [-0.15, -0.1) is 10.2 Å². The van der Waals surface area contributed by atoms with Gasteiger partial charge >= 0.3 is 5.69 Å². The van der Waals surface area contributed by atoms with Crippen molar-refractivity contribution in [2.45, 2.75) is 58.7 Å². The number of nitrogens with zero attached hydrogens (tertiary/aromatic N) is 7. The molecule has 0 bridgehead atoms. The summed E-state index contributed by atoms with van der Waals surface area (Å²) < 4.78 is 16.2. The minimum atomic E-state index is -0.366. The van der Waals surface area contributed by atoms with Crippen LogP contribution in [0.2, 0.25) is 0 Å². The van der Waals surface area contributed by atoms with Crippen LogP contribution < -0.4 is 11.2 Å². The number of hydrogen-bond donors (Lipinski definition) is 0. The molecule has 2 aromatic heterocycles. The summed E-state index contributed by atoms with van der Waals surface area (Å²) in [5.41, 5.74) is 0.340. The second-order valence-electron chi connectivity index (χ2n) is 7.64. The zero-order chi connectivity index (χ0) is 22.7. The van der Waals surface area contributed by atoms with Gasteiger partial charge in [-0.25, -0.2) is 14.2 Å². The standard InChI is InChI=1S/C21H23ClFN7O2/c1-2-3-9-28-19-16(13-17(22)24-19)20(31)29(21(28)32)10-4-5-11-30-26-18(25-27-30)14-7-6-8-15(23)12-14/h6-8,12H,2-5,9-11,13H2,1H3. The summed E-state index contributed by atoms with van der Waals surface area (Å²) in [4.78, 5) is 31.5. The molecule has 0 aliphatic carbocycles. The Morgan fingerprint density at radius 3 is 2.66 bits per heavy atom. The Kier molecular flexibility index (Phi) is 6.59. The summed E-state index contributed by atoms with van der Waals surface area (Å²) in [5.74, 6) is 0.372. The highest BCUT2D eigenvalue weighted by atomic mass is 35.5. The minimum Gasteiger partial charge on any atom is -0.278 e. The summed E-state index contributed by atoms with van der Waals surface area (Å²) in [6.45, 7) is 3.27. The highest BCUT2D eigenvalue weighted by Gasteiger charge is 2.24. The molecule has 1 aliphatic heterocycles. The quantitative estimate of drug-likeness (QED) is 0.458. The Labute approximate surface area is 188 Å². The fraction of sp³-hybridized carbons (Fsp3) is 0.429. The third kappa shape index (κ3) is 4.55. The molecule has 0 spiro atoms. The first-order valence-electron chi connectivity index (χ1n) is 10.6. The Morgan fingerprint density at radius 2 is 1.88 bits per heavy atom. The third-order valence-corrected chi connectivity index (χ3v) is 5.52. The number of tetrazole rings is 1. The Balaban J connectivity index is 1.43. The van der Waals surface area contributed by atoms with Crippen LogP contribution in [0.1, 0.15) is 38.2 Å². The average molecular weight is 460 g/mol. The minimum absolute atomic E-state index is 0.258. The van der Waals surface area contributed by atoms with Gasteiger partial charge in [0.05, 0.1) is 12.1 Å². The molecule has 11 heteroatoms. The van der Waals surface area contributed by atoms with Crippen molar-refractivity contribution in [1.82, 2.24) is 29.3 Å². The summed E-state index contributed by atoms with van der Waals surface area (Å²) in [5, 5.41) is 12.5. The van der Waals surface area contributed by atoms with Gasteiger partial charge in [-0.3, -0.25) is 13.9 Å². The van der Waals surface area contributed by atoms with E-state index in [1.807, 2.05) is 6.92 Å². The largest absolute Gasteiger partial charge is 0.332 e. The smallest absolute Gasteiger partial charge is 0.278 e. The Morgan fingerprint density at radius 1 is 1.09 bits per heavy atom. The molecule has 32 heavy (non-hydrogen) atoms. The van der Waals surface area contributed by atoms with Crippen molar-refractivity contribution in [3.05, 3.63) is 56.5 Å². The second-order valence-corrected chi connectivity index (χ2v) is 8.07. The van der Waals surface area contributed by atoms with Crippen LogP contribution in [0.4, 0.5) is 10.2 Å². The molecule has 3 heterocycles. The van der Waals surface area contributed by atoms with Gasteiger partial charge in [0.2, 0.25) is 5.82 Å². The lowest BCUT2D eigenvalue weighted by Gasteiger charge is -2.13. The maximum atomic E-state index is 13.4. The van der Waals surface area contributed by atoms with Crippen molar-refractivity contribution in [3.8, 4) is 11.4 Å². The van der Waals surface area contributed by atoms with Gasteiger partial charge in [0.25, 0.3) is 5.56 Å². The van der Waals surface area contributed by atoms with Crippen LogP contribution in [-0.4, -0.2) is 34.5 Å². The van der Waals surface area contributed by atoms with Gasteiger partial charge in [-0.05, 0) is 36.6 Å². The lowest BCUT2D eigenvalue weighted by molar-refractivity contribution is 0.454. The Hall–Kier alpha value is -3.14. The lowest BCUT2D eigenvalue weighted by atomic mass is 10.2. The van der Waals surface area contributed by atoms with E-state index >= 15 is 0 Å². The fourth-order valence-electron chi connectivity index (χ4n) is 3.65. The first-order valence-corrected chi connectivity index (χ1v) is 11.0. The second kappa shape index (κ2) is 9.56. The van der Waals surface area contributed by atoms with E-state index in [2.05, 4.69) is 20.4 Å². The molecule has 0 N–H and O–H groups in total. The topological polar surface area (TPSA) is 100.0 Å². The first-order chi connectivity index (χ1) is 15.5. The molecule has 0 fully saturated rings. The molecule has 0 saturated carbocycles. The highest BCUT2D eigenvalue weighted by Crippen LogP contribution is 2.24. The lowest BCUT2D eigenvalue weighted by Crippen LogP contribution is -2.41. The van der Waals surface area contributed by atoms with E-state index in [1.165, 1.54) is 21.5 Å². The summed E-state index contributed by atoms with van der Waals surface area (Å²) in [7, 11) is 0. The zero-order valence-electron chi connectivity index (χ0n) is 17.7. The summed E-state index contributed by atoms with van der Waals surface area (Å²) in [6, 6.07) is 6.00. The van der Waals surface area contributed by atoms with E-state index in [0.29, 0.717) is 53.9 Å². The van der Waals surface area contributed by atoms with Crippen LogP contribution >= 0.6 is 11.6 Å². The normalized spacial score (nSPS) is 12.8. The number of unbranched alkanes of at least 4 members (excludes halogenated alkanes) is 2. The van der Waals surface area contributed by atoms with Gasteiger partial charge in [0, 0.05) is 25.1 Å². The predicted octanol–water partition coefficient (Wildman–Crippen LogP) is 2.91. The van der Waals surface area contributed by atoms with Gasteiger partial charge in [-0.1, -0.05) is 37.1 Å². The van der Waals surface area contributed by atoms with Crippen molar-refractivity contribution in [1.29, 1.82) is 0 Å². The van der Waals surface area contributed by atoms with Gasteiger partial charge in [0.1, 0.15) is 16.8 Å². The molecule has 1 aromatic carbocycles. The van der Waals surface area contributed by atoms with Gasteiger partial charge in [-0.2, -0.15) is 4.80 Å². The molecular formula is C21H23ClFN7O2. The molecule has 4 rings (SSSR count). The van der Waals surface area contributed by atoms with Crippen molar-refractivity contribution in [2.24, 2.45) is 4.99 Å². The number of aryl methyl sites for hydroxylation is 1. The zero-order valence-corrected chi connectivity index (χ0v) is 18.4. The molecule has 168 valence electrons. The van der Waals surface area contributed by atoms with Crippen LogP contribution in [-0.2, 0) is 26.1 Å². The number of hydrogen-bond acceptors (Lipinski definition) is 6. The number of halogens is 2. The van der Waals surface area contributed by atoms with Crippen LogP contribution in [0.3, 0.4) is 0 Å². The van der Waals surface area contributed by atoms with Crippen LogP contribution in [0.25, 0.3) is 11.4 Å². The Bertz CT molecular complexity index is 1280. The molecule has 9 nitrogen and oxygen atoms in total. The molecule has 3 aromatic rings. The molecule has 0 saturated heterocycles. The highest BCUT2D eigenvalue weighted by molar-refractivity contribution is 6.66. The molecule has 0 radical (unpaired) electrons. The maximum Gasteiger partial charge on any atom is 0.332 e. The third-order valence-electron chi connectivity index (χ3n) is 5.30. The summed E-state index contributed by atoms with van der Waals surface area (Å²) >= 11 is 6.05. The van der Waals surface area contributed by atoms with Crippen LogP contribution in [0.15, 0.2) is 38.8 Å². The number of fused-ring (bicyclic) bond motifs is 1. The van der Waals surface area contributed by atoms with Gasteiger partial charge < -0.3 is 0 Å². The van der Waals surface area contributed by atoms with E-state index in [9.17, 15) is 14.0 Å². The molecule has 1 aliphatic rings. The van der Waals surface area contributed by atoms with E-state index in [0.717, 1.165) is 12.8 Å². The number of rotatable bonds is 9. The van der Waals surface area contributed by atoms with E-state index in [1.54, 1.807) is 16.7 Å². The van der Waals surface area contributed by atoms with Crippen molar-refractivity contribution in [2.75, 3.05) is 0 Å². The van der Waals surface area contributed by atoms with E-state index < -0.39 is 0 Å². The summed E-state index contributed by atoms with van der Waals surface area (Å²) in [6.07, 6.45) is 3.19. The first kappa shape index (κ1) is 22.1. The molecule has 0 amide bonds. The molecule has 0 atom stereocenters. The van der Waals surface area contributed by atoms with Crippen molar-refractivity contribution in [3.63, 3.8) is 0 Å². The number of benzene rings is 1. The number of aromatic nitrogens is 6.